The number of rotatable bonds is 3. The van der Waals surface area contributed by atoms with Crippen LogP contribution in [-0.2, 0) is 4.79 Å². The highest BCUT2D eigenvalue weighted by molar-refractivity contribution is 5.59. The van der Waals surface area contributed by atoms with Crippen LogP contribution in [0.25, 0.3) is 0 Å². The molecule has 1 aliphatic carbocycles. The summed E-state index contributed by atoms with van der Waals surface area (Å²) in [7, 11) is 0. The maximum absolute atomic E-state index is 11.0. The summed E-state index contributed by atoms with van der Waals surface area (Å²) in [6.45, 7) is 6.75. The van der Waals surface area contributed by atoms with Gasteiger partial charge in [-0.3, -0.25) is 0 Å². The fourth-order valence-corrected chi connectivity index (χ4v) is 2.13. The van der Waals surface area contributed by atoms with Gasteiger partial charge in [0.1, 0.15) is 6.29 Å². The van der Waals surface area contributed by atoms with Gasteiger partial charge >= 0.3 is 0 Å². The van der Waals surface area contributed by atoms with Gasteiger partial charge in [-0.2, -0.15) is 0 Å². The van der Waals surface area contributed by atoms with E-state index in [1.54, 1.807) is 0 Å². The van der Waals surface area contributed by atoms with Crippen molar-refractivity contribution in [2.45, 2.75) is 59.3 Å². The van der Waals surface area contributed by atoms with Crippen LogP contribution in [0.2, 0.25) is 0 Å². The van der Waals surface area contributed by atoms with E-state index in [1.165, 1.54) is 25.5 Å². The van der Waals surface area contributed by atoms with Gasteiger partial charge in [-0.1, -0.05) is 33.6 Å². The van der Waals surface area contributed by atoms with Crippen molar-refractivity contribution in [3.8, 4) is 0 Å². The molecule has 0 heterocycles. The first-order valence-electron chi connectivity index (χ1n) is 5.44. The van der Waals surface area contributed by atoms with Crippen LogP contribution in [0.15, 0.2) is 0 Å². The molecule has 0 aromatic heterocycles. The fraction of sp³-hybridized carbons (Fsp3) is 0.917. The minimum Gasteiger partial charge on any atom is -0.303 e. The molecule has 0 N–H and O–H groups in total. The van der Waals surface area contributed by atoms with Crippen LogP contribution in [0.1, 0.15) is 59.3 Å². The fourth-order valence-electron chi connectivity index (χ4n) is 2.13. The summed E-state index contributed by atoms with van der Waals surface area (Å²) >= 11 is 0. The lowest BCUT2D eigenvalue weighted by Crippen LogP contribution is -2.21. The molecular weight excluding hydrogens is 160 g/mol. The van der Waals surface area contributed by atoms with Crippen LogP contribution >= 0.6 is 0 Å². The highest BCUT2D eigenvalue weighted by Gasteiger charge is 2.34. The molecule has 1 heteroatoms. The Balaban J connectivity index is 2.45. The minimum atomic E-state index is 0.0628. The van der Waals surface area contributed by atoms with Gasteiger partial charge in [0.25, 0.3) is 0 Å². The monoisotopic (exact) mass is 182 g/mol. The summed E-state index contributed by atoms with van der Waals surface area (Å²) in [5.41, 5.74) is 0.436. The molecule has 13 heavy (non-hydrogen) atoms. The highest BCUT2D eigenvalue weighted by atomic mass is 16.1. The van der Waals surface area contributed by atoms with Crippen molar-refractivity contribution in [1.82, 2.24) is 0 Å². The third kappa shape index (κ3) is 3.13. The molecule has 1 rings (SSSR count). The normalized spacial score (nSPS) is 21.8. The van der Waals surface area contributed by atoms with Gasteiger partial charge in [-0.25, -0.2) is 0 Å². The zero-order valence-electron chi connectivity index (χ0n) is 9.23. The molecule has 0 aromatic carbocycles. The first kappa shape index (κ1) is 10.7. The smallest absolute Gasteiger partial charge is 0.126 e. The van der Waals surface area contributed by atoms with E-state index in [9.17, 15) is 4.79 Å². The molecule has 76 valence electrons. The largest absolute Gasteiger partial charge is 0.303 e. The number of aldehydes is 1. The van der Waals surface area contributed by atoms with E-state index in [-0.39, 0.29) is 5.41 Å². The van der Waals surface area contributed by atoms with Crippen molar-refractivity contribution < 1.29 is 4.79 Å². The second kappa shape index (κ2) is 3.81. The predicted octanol–water partition coefficient (Wildman–Crippen LogP) is 3.57. The van der Waals surface area contributed by atoms with E-state index in [1.807, 2.05) is 0 Å². The van der Waals surface area contributed by atoms with Crippen molar-refractivity contribution in [1.29, 1.82) is 0 Å². The van der Waals surface area contributed by atoms with Crippen LogP contribution in [0, 0.1) is 10.8 Å². The lowest BCUT2D eigenvalue weighted by molar-refractivity contribution is -0.116. The quantitative estimate of drug-likeness (QED) is 0.610. The molecule has 0 saturated heterocycles. The van der Waals surface area contributed by atoms with Crippen LogP contribution in [0.4, 0.5) is 0 Å². The van der Waals surface area contributed by atoms with Crippen LogP contribution in [-0.4, -0.2) is 6.29 Å². The Morgan fingerprint density at radius 2 is 1.77 bits per heavy atom. The van der Waals surface area contributed by atoms with Crippen molar-refractivity contribution in [2.24, 2.45) is 10.8 Å². The standard InChI is InChI=1S/C12H22O/c1-11(2,3)8-9-12(10-13)6-4-5-7-12/h10H,4-9H2,1-3H3. The van der Waals surface area contributed by atoms with Crippen molar-refractivity contribution in [2.75, 3.05) is 0 Å². The molecule has 1 nitrogen and oxygen atoms in total. The molecule has 1 aliphatic rings. The van der Waals surface area contributed by atoms with E-state index in [0.717, 1.165) is 19.3 Å². The Morgan fingerprint density at radius 1 is 1.23 bits per heavy atom. The summed E-state index contributed by atoms with van der Waals surface area (Å²) < 4.78 is 0. The van der Waals surface area contributed by atoms with E-state index in [2.05, 4.69) is 20.8 Å². The molecule has 0 amide bonds. The molecule has 1 fully saturated rings. The average molecular weight is 182 g/mol. The Hall–Kier alpha value is -0.330. The molecular formula is C12H22O. The SMILES string of the molecule is CC(C)(C)CCC1(C=O)CCCC1. The second-order valence-corrected chi connectivity index (χ2v) is 5.75. The number of carbonyl (C=O) groups excluding carboxylic acids is 1. The zero-order valence-corrected chi connectivity index (χ0v) is 9.23. The molecule has 1 saturated carbocycles. The molecule has 0 atom stereocenters. The van der Waals surface area contributed by atoms with Gasteiger partial charge in [0.2, 0.25) is 0 Å². The molecule has 0 bridgehead atoms. The minimum absolute atomic E-state index is 0.0628. The van der Waals surface area contributed by atoms with Gasteiger partial charge in [0, 0.05) is 5.41 Å². The van der Waals surface area contributed by atoms with E-state index in [4.69, 9.17) is 0 Å². The number of hydrogen-bond donors (Lipinski definition) is 0. The topological polar surface area (TPSA) is 17.1 Å². The second-order valence-electron chi connectivity index (χ2n) is 5.75. The molecule has 0 spiro atoms. The van der Waals surface area contributed by atoms with Crippen molar-refractivity contribution in [3.05, 3.63) is 0 Å². The third-order valence-electron chi connectivity index (χ3n) is 3.22. The van der Waals surface area contributed by atoms with Gasteiger partial charge < -0.3 is 4.79 Å². The Labute approximate surface area is 81.9 Å². The van der Waals surface area contributed by atoms with Gasteiger partial charge in [-0.05, 0) is 31.1 Å². The van der Waals surface area contributed by atoms with Gasteiger partial charge in [-0.15, -0.1) is 0 Å². The predicted molar refractivity (Wildman–Crippen MR) is 55.7 cm³/mol. The summed E-state index contributed by atoms with van der Waals surface area (Å²) in [4.78, 5) is 11.0. The van der Waals surface area contributed by atoms with Crippen molar-refractivity contribution in [3.63, 3.8) is 0 Å². The summed E-state index contributed by atoms with van der Waals surface area (Å²) in [6, 6.07) is 0. The van der Waals surface area contributed by atoms with Gasteiger partial charge in [0.15, 0.2) is 0 Å². The number of hydrogen-bond acceptors (Lipinski definition) is 1. The van der Waals surface area contributed by atoms with Crippen LogP contribution in [0.5, 0.6) is 0 Å². The highest BCUT2D eigenvalue weighted by Crippen LogP contribution is 2.42. The first-order chi connectivity index (χ1) is 5.97. The molecule has 0 aromatic rings. The maximum Gasteiger partial charge on any atom is 0.126 e. The average Bonchev–Trinajstić information content (AvgIpc) is 2.49. The maximum atomic E-state index is 11.0. The number of carbonyl (C=O) groups is 1. The zero-order chi connectivity index (χ0) is 9.95. The van der Waals surface area contributed by atoms with E-state index < -0.39 is 0 Å². The lowest BCUT2D eigenvalue weighted by Gasteiger charge is -2.26. The Kier molecular flexibility index (Phi) is 3.15. The summed E-state index contributed by atoms with van der Waals surface area (Å²) in [5, 5.41) is 0. The Bertz CT molecular complexity index is 170. The molecule has 0 unspecified atom stereocenters. The summed E-state index contributed by atoms with van der Waals surface area (Å²) in [6.07, 6.45) is 8.27. The lowest BCUT2D eigenvalue weighted by atomic mass is 9.77. The molecule has 0 radical (unpaired) electrons. The van der Waals surface area contributed by atoms with Crippen LogP contribution < -0.4 is 0 Å². The van der Waals surface area contributed by atoms with Crippen LogP contribution in [0.3, 0.4) is 0 Å². The van der Waals surface area contributed by atoms with E-state index >= 15 is 0 Å². The Morgan fingerprint density at radius 3 is 2.15 bits per heavy atom. The summed E-state index contributed by atoms with van der Waals surface area (Å²) in [5.74, 6) is 0. The van der Waals surface area contributed by atoms with Crippen molar-refractivity contribution >= 4 is 6.29 Å². The first-order valence-corrected chi connectivity index (χ1v) is 5.44. The molecule has 0 aliphatic heterocycles. The third-order valence-corrected chi connectivity index (χ3v) is 3.22. The van der Waals surface area contributed by atoms with E-state index in [0.29, 0.717) is 5.41 Å². The van der Waals surface area contributed by atoms with Gasteiger partial charge in [0.05, 0.1) is 0 Å².